The molecule has 5 heteroatoms. The number of benzene rings is 4. The molecule has 5 aromatic rings. The molecule has 5 rings (SSSR count). The van der Waals surface area contributed by atoms with E-state index in [2.05, 4.69) is 0 Å². The van der Waals surface area contributed by atoms with Crippen LogP contribution in [-0.4, -0.2) is 4.57 Å². The number of aromatic nitrogens is 1. The first kappa shape index (κ1) is 24.9. The van der Waals surface area contributed by atoms with Gasteiger partial charge in [-0.15, -0.1) is 0 Å². The number of hydrogen-bond donors (Lipinski definition) is 0. The largest absolute Gasteiger partial charge is 0.485 e. The molecule has 0 radical (unpaired) electrons. The highest BCUT2D eigenvalue weighted by atomic mass is 16.5. The van der Waals surface area contributed by atoms with E-state index in [9.17, 15) is 4.79 Å². The standard InChI is InChI=1S/C33H29NO4/c35-30-16-18-34(19-17-30)22-29-20-31(36-23-26-10-4-1-5-11-26)33(38-25-28-14-8-3-9-15-28)32(21-29)37-24-27-12-6-2-7-13-27/h1-21H,22-25H2. The lowest BCUT2D eigenvalue weighted by Crippen LogP contribution is -2.08. The summed E-state index contributed by atoms with van der Waals surface area (Å²) in [6, 6.07) is 37.2. The third-order valence-corrected chi connectivity index (χ3v) is 6.01. The Morgan fingerprint density at radius 2 is 0.921 bits per heavy atom. The van der Waals surface area contributed by atoms with Gasteiger partial charge in [-0.05, 0) is 34.4 Å². The molecular formula is C33H29NO4. The first-order chi connectivity index (χ1) is 18.7. The summed E-state index contributed by atoms with van der Waals surface area (Å²) in [4.78, 5) is 11.6. The minimum Gasteiger partial charge on any atom is -0.485 e. The van der Waals surface area contributed by atoms with Crippen LogP contribution >= 0.6 is 0 Å². The lowest BCUT2D eigenvalue weighted by molar-refractivity contribution is 0.229. The average molecular weight is 504 g/mol. The molecule has 0 spiro atoms. The van der Waals surface area contributed by atoms with Crippen molar-refractivity contribution >= 4 is 0 Å². The smallest absolute Gasteiger partial charge is 0.203 e. The van der Waals surface area contributed by atoms with Gasteiger partial charge in [0.2, 0.25) is 5.75 Å². The molecule has 0 unspecified atom stereocenters. The Kier molecular flexibility index (Phi) is 8.17. The Labute approximate surface area is 222 Å². The fourth-order valence-corrected chi connectivity index (χ4v) is 4.04. The second-order valence-corrected chi connectivity index (χ2v) is 8.95. The SMILES string of the molecule is O=c1ccn(Cc2cc(OCc3ccccc3)c(OCc3ccccc3)c(OCc3ccccc3)c2)cc1. The van der Waals surface area contributed by atoms with Crippen molar-refractivity contribution < 1.29 is 14.2 Å². The van der Waals surface area contributed by atoms with Crippen LogP contribution in [0.3, 0.4) is 0 Å². The van der Waals surface area contributed by atoms with Gasteiger partial charge in [0.05, 0.1) is 0 Å². The topological polar surface area (TPSA) is 49.7 Å². The van der Waals surface area contributed by atoms with Crippen molar-refractivity contribution in [2.45, 2.75) is 26.4 Å². The van der Waals surface area contributed by atoms with Gasteiger partial charge in [-0.2, -0.15) is 0 Å². The van der Waals surface area contributed by atoms with E-state index in [-0.39, 0.29) is 5.43 Å². The van der Waals surface area contributed by atoms with E-state index in [0.717, 1.165) is 22.3 Å². The van der Waals surface area contributed by atoms with Crippen LogP contribution in [0, 0.1) is 0 Å². The quantitative estimate of drug-likeness (QED) is 0.203. The van der Waals surface area contributed by atoms with Crippen LogP contribution < -0.4 is 19.6 Å². The van der Waals surface area contributed by atoms with E-state index >= 15 is 0 Å². The fraction of sp³-hybridized carbons (Fsp3) is 0.121. The summed E-state index contributed by atoms with van der Waals surface area (Å²) < 4.78 is 21.0. The van der Waals surface area contributed by atoms with Gasteiger partial charge >= 0.3 is 0 Å². The van der Waals surface area contributed by atoms with Gasteiger partial charge in [-0.3, -0.25) is 4.79 Å². The Morgan fingerprint density at radius 3 is 1.37 bits per heavy atom. The molecule has 5 nitrogen and oxygen atoms in total. The number of nitrogens with zero attached hydrogens (tertiary/aromatic N) is 1. The molecular weight excluding hydrogens is 474 g/mol. The number of hydrogen-bond acceptors (Lipinski definition) is 4. The van der Waals surface area contributed by atoms with Gasteiger partial charge in [0.25, 0.3) is 0 Å². The number of pyridine rings is 1. The van der Waals surface area contributed by atoms with Gasteiger partial charge in [-0.1, -0.05) is 91.0 Å². The second kappa shape index (κ2) is 12.5. The summed E-state index contributed by atoms with van der Waals surface area (Å²) in [5, 5.41) is 0. The van der Waals surface area contributed by atoms with Crippen LogP contribution in [0.25, 0.3) is 0 Å². The maximum Gasteiger partial charge on any atom is 0.203 e. The highest BCUT2D eigenvalue weighted by Gasteiger charge is 2.17. The average Bonchev–Trinajstić information content (AvgIpc) is 2.97. The summed E-state index contributed by atoms with van der Waals surface area (Å²) in [5.41, 5.74) is 4.10. The third-order valence-electron chi connectivity index (χ3n) is 6.01. The summed E-state index contributed by atoms with van der Waals surface area (Å²) in [5.74, 6) is 1.77. The second-order valence-electron chi connectivity index (χ2n) is 8.95. The number of rotatable bonds is 11. The Hall–Kier alpha value is -4.77. The van der Waals surface area contributed by atoms with Crippen molar-refractivity contribution in [3.8, 4) is 17.2 Å². The molecule has 4 aromatic carbocycles. The van der Waals surface area contributed by atoms with Crippen LogP contribution in [0.5, 0.6) is 17.2 Å². The molecule has 190 valence electrons. The monoisotopic (exact) mass is 503 g/mol. The zero-order valence-electron chi connectivity index (χ0n) is 21.0. The Morgan fingerprint density at radius 1 is 0.500 bits per heavy atom. The van der Waals surface area contributed by atoms with Gasteiger partial charge in [-0.25, -0.2) is 0 Å². The van der Waals surface area contributed by atoms with E-state index < -0.39 is 0 Å². The van der Waals surface area contributed by atoms with Crippen molar-refractivity contribution in [3.63, 3.8) is 0 Å². The third kappa shape index (κ3) is 6.92. The molecule has 0 saturated heterocycles. The van der Waals surface area contributed by atoms with Gasteiger partial charge in [0.1, 0.15) is 19.8 Å². The molecule has 0 fully saturated rings. The summed E-state index contributed by atoms with van der Waals surface area (Å²) in [6.07, 6.45) is 3.55. The summed E-state index contributed by atoms with van der Waals surface area (Å²) in [7, 11) is 0. The Balaban J connectivity index is 1.49. The molecule has 0 aliphatic heterocycles. The van der Waals surface area contributed by atoms with E-state index in [4.69, 9.17) is 14.2 Å². The van der Waals surface area contributed by atoms with Crippen molar-refractivity contribution in [1.29, 1.82) is 0 Å². The van der Waals surface area contributed by atoms with Gasteiger partial charge < -0.3 is 18.8 Å². The van der Waals surface area contributed by atoms with E-state index in [1.807, 2.05) is 108 Å². The molecule has 1 aromatic heterocycles. The molecule has 0 aliphatic carbocycles. The van der Waals surface area contributed by atoms with Crippen LogP contribution in [0.1, 0.15) is 22.3 Å². The molecule has 0 aliphatic rings. The van der Waals surface area contributed by atoms with Crippen LogP contribution in [0.4, 0.5) is 0 Å². The first-order valence-corrected chi connectivity index (χ1v) is 12.6. The molecule has 0 bridgehead atoms. The van der Waals surface area contributed by atoms with Crippen LogP contribution in [0.2, 0.25) is 0 Å². The van der Waals surface area contributed by atoms with Crippen molar-refractivity contribution in [3.05, 3.63) is 160 Å². The lowest BCUT2D eigenvalue weighted by Gasteiger charge is -2.19. The predicted molar refractivity (Wildman–Crippen MR) is 149 cm³/mol. The van der Waals surface area contributed by atoms with Crippen LogP contribution in [-0.2, 0) is 26.4 Å². The van der Waals surface area contributed by atoms with E-state index in [1.54, 1.807) is 24.5 Å². The maximum atomic E-state index is 11.6. The molecule has 1 heterocycles. The first-order valence-electron chi connectivity index (χ1n) is 12.6. The zero-order valence-corrected chi connectivity index (χ0v) is 21.0. The highest BCUT2D eigenvalue weighted by Crippen LogP contribution is 2.40. The highest BCUT2D eigenvalue weighted by molar-refractivity contribution is 5.54. The van der Waals surface area contributed by atoms with Gasteiger partial charge in [0, 0.05) is 31.1 Å². The summed E-state index contributed by atoms with van der Waals surface area (Å²) >= 11 is 0. The van der Waals surface area contributed by atoms with Crippen molar-refractivity contribution in [1.82, 2.24) is 4.57 Å². The lowest BCUT2D eigenvalue weighted by atomic mass is 10.1. The summed E-state index contributed by atoms with van der Waals surface area (Å²) in [6.45, 7) is 1.70. The molecule has 0 amide bonds. The van der Waals surface area contributed by atoms with Crippen molar-refractivity contribution in [2.75, 3.05) is 0 Å². The minimum atomic E-state index is -0.0234. The van der Waals surface area contributed by atoms with Crippen LogP contribution in [0.15, 0.2) is 132 Å². The minimum absolute atomic E-state index is 0.0234. The number of ether oxygens (including phenoxy) is 3. The molecule has 0 atom stereocenters. The normalized spacial score (nSPS) is 10.6. The van der Waals surface area contributed by atoms with Gasteiger partial charge in [0.15, 0.2) is 16.9 Å². The maximum absolute atomic E-state index is 11.6. The molecule has 38 heavy (non-hydrogen) atoms. The predicted octanol–water partition coefficient (Wildman–Crippen LogP) is 6.63. The van der Waals surface area contributed by atoms with E-state index in [0.29, 0.717) is 43.6 Å². The van der Waals surface area contributed by atoms with E-state index in [1.165, 1.54) is 0 Å². The van der Waals surface area contributed by atoms with Crippen molar-refractivity contribution in [2.24, 2.45) is 0 Å². The zero-order chi connectivity index (χ0) is 26.0. The molecule has 0 saturated carbocycles. The fourth-order valence-electron chi connectivity index (χ4n) is 4.04. The Bertz CT molecular complexity index is 1410. The molecule has 0 N–H and O–H groups in total.